The molecule has 7 rings (SSSR count). The molecule has 2 atom stereocenters. The first kappa shape index (κ1) is 36.2. The number of likely N-dealkylation sites (tertiary alicyclic amines) is 1. The number of pyridine rings is 1. The molecule has 1 aliphatic heterocycles. The highest BCUT2D eigenvalue weighted by Crippen LogP contribution is 2.45. The third kappa shape index (κ3) is 7.35. The second-order valence-corrected chi connectivity index (χ2v) is 14.6. The second-order valence-electron chi connectivity index (χ2n) is 13.8. The number of benzene rings is 3. The van der Waals surface area contributed by atoms with Crippen molar-refractivity contribution in [1.82, 2.24) is 15.2 Å². The average molecular weight is 749 g/mol. The lowest BCUT2D eigenvalue weighted by Gasteiger charge is -2.36. The van der Waals surface area contributed by atoms with Gasteiger partial charge in [0.05, 0.1) is 25.2 Å². The molecule has 9 nitrogen and oxygen atoms in total. The number of aromatic nitrogens is 1. The number of carbonyl (C=O) groups excluding carboxylic acids is 1. The van der Waals surface area contributed by atoms with Crippen molar-refractivity contribution in [2.24, 2.45) is 11.8 Å². The van der Waals surface area contributed by atoms with Crippen molar-refractivity contribution in [2.75, 3.05) is 33.9 Å². The molecule has 0 radical (unpaired) electrons. The molecule has 12 heteroatoms. The highest BCUT2D eigenvalue weighted by atomic mass is 35.5. The van der Waals surface area contributed by atoms with Crippen LogP contribution in [0.5, 0.6) is 17.5 Å². The molecule has 3 aliphatic rings. The van der Waals surface area contributed by atoms with Crippen molar-refractivity contribution >= 4 is 35.0 Å². The number of carbonyl (C=O) groups is 2. The van der Waals surface area contributed by atoms with E-state index < -0.39 is 11.8 Å². The summed E-state index contributed by atoms with van der Waals surface area (Å²) in [7, 11) is 3.06. The summed E-state index contributed by atoms with van der Waals surface area (Å²) in [4.78, 5) is 29.5. The minimum atomic E-state index is -0.792. The van der Waals surface area contributed by atoms with E-state index in [1.807, 2.05) is 47.4 Å². The number of methoxy groups -OCH3 is 2. The zero-order valence-corrected chi connectivity index (χ0v) is 30.5. The molecule has 1 saturated heterocycles. The maximum absolute atomic E-state index is 15.6. The lowest BCUT2D eigenvalue weighted by atomic mass is 9.93. The van der Waals surface area contributed by atoms with Crippen LogP contribution in [0.2, 0.25) is 10.0 Å². The molecule has 0 spiro atoms. The van der Waals surface area contributed by atoms with Gasteiger partial charge >= 0.3 is 5.97 Å². The van der Waals surface area contributed by atoms with Crippen LogP contribution in [-0.2, 0) is 29.1 Å². The Morgan fingerprint density at radius 1 is 1.00 bits per heavy atom. The van der Waals surface area contributed by atoms with Crippen molar-refractivity contribution in [2.45, 2.75) is 51.3 Å². The zero-order chi connectivity index (χ0) is 36.5. The van der Waals surface area contributed by atoms with E-state index in [9.17, 15) is 14.7 Å². The Kier molecular flexibility index (Phi) is 10.7. The minimum Gasteiger partial charge on any atom is -0.496 e. The van der Waals surface area contributed by atoms with Gasteiger partial charge in [-0.2, -0.15) is 4.98 Å². The standard InChI is InChI=1S/C40H40Cl2FN3O6/c1-50-36-16-23(15-34(43)32(36)18-44-17-22-9-10-26(47)13-22)27-5-3-8-31(37(27)42)28-6-4-7-30-29(28)11-12-35(30)52-39-33(41)14-24(38(45-39)51-2)19-46-20-25(21-46)40(48)49/h3-8,14-16,22,25,35,44H,9-13,17-21H2,1-2H3,(H,48,49)/t22-,35+/m1/s1. The summed E-state index contributed by atoms with van der Waals surface area (Å²) in [5, 5.41) is 13.4. The van der Waals surface area contributed by atoms with Gasteiger partial charge < -0.3 is 24.6 Å². The fraction of sp³-hybridized carbons (Fsp3) is 0.375. The molecule has 3 aromatic carbocycles. The normalized spacial score (nSPS) is 18.7. The number of ether oxygens (including phenoxy) is 3. The number of rotatable bonds is 13. The van der Waals surface area contributed by atoms with Crippen LogP contribution in [0.4, 0.5) is 4.39 Å². The second kappa shape index (κ2) is 15.4. The minimum absolute atomic E-state index is 0.265. The highest BCUT2D eigenvalue weighted by Gasteiger charge is 2.34. The number of nitrogens with zero attached hydrogens (tertiary/aromatic N) is 2. The average Bonchev–Trinajstić information content (AvgIpc) is 3.73. The summed E-state index contributed by atoms with van der Waals surface area (Å²) in [6.07, 6.45) is 3.19. The van der Waals surface area contributed by atoms with Crippen LogP contribution in [0.3, 0.4) is 0 Å². The van der Waals surface area contributed by atoms with Crippen molar-refractivity contribution < 1.29 is 33.3 Å². The van der Waals surface area contributed by atoms with Crippen LogP contribution in [0.15, 0.2) is 54.6 Å². The molecule has 0 unspecified atom stereocenters. The number of halogens is 3. The van der Waals surface area contributed by atoms with Crippen LogP contribution in [0.25, 0.3) is 22.3 Å². The number of ketones is 1. The van der Waals surface area contributed by atoms with Crippen LogP contribution in [0, 0.1) is 17.7 Å². The lowest BCUT2D eigenvalue weighted by molar-refractivity contribution is -0.147. The van der Waals surface area contributed by atoms with Gasteiger partial charge in [-0.1, -0.05) is 59.6 Å². The first-order valence-corrected chi connectivity index (χ1v) is 18.2. The first-order chi connectivity index (χ1) is 25.1. The van der Waals surface area contributed by atoms with E-state index in [4.69, 9.17) is 37.4 Å². The van der Waals surface area contributed by atoms with E-state index in [-0.39, 0.29) is 29.6 Å². The van der Waals surface area contributed by atoms with Gasteiger partial charge in [0.1, 0.15) is 28.5 Å². The van der Waals surface area contributed by atoms with Gasteiger partial charge in [-0.25, -0.2) is 4.39 Å². The third-order valence-electron chi connectivity index (χ3n) is 10.4. The molecule has 0 bridgehead atoms. The predicted molar refractivity (Wildman–Crippen MR) is 197 cm³/mol. The SMILES string of the molecule is COc1cc(-c2cccc(-c3cccc4c3CC[C@@H]4Oc3nc(OC)c(CN4CC(C(=O)O)C4)cc3Cl)c2Cl)cc(F)c1CNC[C@@H]1CCC(=O)C1. The molecule has 2 N–H and O–H groups in total. The Hall–Kier alpha value is -4.22. The molecule has 1 saturated carbocycles. The van der Waals surface area contributed by atoms with E-state index in [1.165, 1.54) is 20.3 Å². The summed E-state index contributed by atoms with van der Waals surface area (Å²) in [5.74, 6) is 0.0943. The summed E-state index contributed by atoms with van der Waals surface area (Å²) in [5.41, 5.74) is 6.38. The number of Topliss-reactive ketones (excluding diaryl/α,β-unsaturated/α-hetero) is 1. The van der Waals surface area contributed by atoms with Crippen molar-refractivity contribution in [3.63, 3.8) is 0 Å². The topological polar surface area (TPSA) is 110 Å². The molecular formula is C40H40Cl2FN3O6. The maximum Gasteiger partial charge on any atom is 0.309 e. The van der Waals surface area contributed by atoms with Gasteiger partial charge in [-0.3, -0.25) is 14.5 Å². The van der Waals surface area contributed by atoms with E-state index in [2.05, 4.69) is 10.3 Å². The largest absolute Gasteiger partial charge is 0.496 e. The predicted octanol–water partition coefficient (Wildman–Crippen LogP) is 7.92. The zero-order valence-electron chi connectivity index (χ0n) is 29.0. The molecule has 2 fully saturated rings. The molecular weight excluding hydrogens is 708 g/mol. The van der Waals surface area contributed by atoms with Gasteiger partial charge in [0.2, 0.25) is 11.8 Å². The summed E-state index contributed by atoms with van der Waals surface area (Å²) >= 11 is 13.8. The third-order valence-corrected chi connectivity index (χ3v) is 11.1. The Bertz CT molecular complexity index is 2020. The lowest BCUT2D eigenvalue weighted by Crippen LogP contribution is -2.49. The highest BCUT2D eigenvalue weighted by molar-refractivity contribution is 6.36. The van der Waals surface area contributed by atoms with Gasteiger partial charge in [0, 0.05) is 61.3 Å². The molecule has 52 heavy (non-hydrogen) atoms. The fourth-order valence-electron chi connectivity index (χ4n) is 7.64. The summed E-state index contributed by atoms with van der Waals surface area (Å²) < 4.78 is 33.3. The number of hydrogen-bond acceptors (Lipinski definition) is 8. The van der Waals surface area contributed by atoms with E-state index in [0.717, 1.165) is 40.7 Å². The molecule has 2 heterocycles. The number of carboxylic acid groups (broad SMARTS) is 1. The van der Waals surface area contributed by atoms with Gasteiger partial charge in [0.25, 0.3) is 0 Å². The van der Waals surface area contributed by atoms with Crippen molar-refractivity contribution in [1.29, 1.82) is 0 Å². The molecule has 4 aromatic rings. The molecule has 1 aromatic heterocycles. The summed E-state index contributed by atoms with van der Waals surface area (Å²) in [6.45, 7) is 2.34. The van der Waals surface area contributed by atoms with E-state index >= 15 is 4.39 Å². The van der Waals surface area contributed by atoms with Crippen molar-refractivity contribution in [3.05, 3.63) is 92.7 Å². The Morgan fingerprint density at radius 2 is 1.77 bits per heavy atom. The van der Waals surface area contributed by atoms with Crippen LogP contribution in [0.1, 0.15) is 54.0 Å². The maximum atomic E-state index is 15.6. The Labute approximate surface area is 312 Å². The molecule has 2 aliphatic carbocycles. The van der Waals surface area contributed by atoms with Gasteiger partial charge in [-0.05, 0) is 72.2 Å². The van der Waals surface area contributed by atoms with E-state index in [0.29, 0.717) is 90.4 Å². The molecule has 272 valence electrons. The van der Waals surface area contributed by atoms with E-state index in [1.54, 1.807) is 6.07 Å². The molecule has 0 amide bonds. The number of carboxylic acids is 1. The number of hydrogen-bond donors (Lipinski definition) is 2. The Morgan fingerprint density at radius 3 is 2.50 bits per heavy atom. The first-order valence-electron chi connectivity index (χ1n) is 17.5. The smallest absolute Gasteiger partial charge is 0.309 e. The van der Waals surface area contributed by atoms with Crippen LogP contribution < -0.4 is 19.5 Å². The quantitative estimate of drug-likeness (QED) is 0.141. The summed E-state index contributed by atoms with van der Waals surface area (Å²) in [6, 6.07) is 16.9. The van der Waals surface area contributed by atoms with Crippen molar-refractivity contribution in [3.8, 4) is 39.8 Å². The fourth-order valence-corrected chi connectivity index (χ4v) is 8.19. The number of nitrogens with one attached hydrogen (secondary N) is 1. The van der Waals surface area contributed by atoms with Crippen LogP contribution in [-0.4, -0.2) is 60.6 Å². The Balaban J connectivity index is 1.10. The monoisotopic (exact) mass is 747 g/mol. The van der Waals surface area contributed by atoms with Gasteiger partial charge in [-0.15, -0.1) is 0 Å². The van der Waals surface area contributed by atoms with Gasteiger partial charge in [0.15, 0.2) is 0 Å². The van der Waals surface area contributed by atoms with Crippen LogP contribution >= 0.6 is 23.2 Å². The number of fused-ring (bicyclic) bond motifs is 1. The number of aliphatic carboxylic acids is 1.